The molecule has 0 saturated carbocycles. The lowest BCUT2D eigenvalue weighted by molar-refractivity contribution is 0.130. The normalized spacial score (nSPS) is 11.7. The van der Waals surface area contributed by atoms with Crippen molar-refractivity contribution in [3.8, 4) is 5.69 Å². The standard InChI is InChI=1S/C17H14ClF2N5O2/c1-10(11-6-12(19)8-13(20)7-11)21-27-9-14-15(18)4-3-5-16(14)25-17(26)24(2)22-23-25/h3-8H,9H2,1-2H3. The highest BCUT2D eigenvalue weighted by Gasteiger charge is 2.14. The van der Waals surface area contributed by atoms with Gasteiger partial charge < -0.3 is 4.84 Å². The molecule has 1 heterocycles. The van der Waals surface area contributed by atoms with Crippen LogP contribution in [-0.4, -0.2) is 25.5 Å². The third kappa shape index (κ3) is 4.03. The van der Waals surface area contributed by atoms with Crippen molar-refractivity contribution >= 4 is 17.3 Å². The van der Waals surface area contributed by atoms with Crippen LogP contribution < -0.4 is 5.69 Å². The number of hydrogen-bond acceptors (Lipinski definition) is 5. The van der Waals surface area contributed by atoms with Gasteiger partial charge in [-0.05, 0) is 41.6 Å². The molecule has 0 N–H and O–H groups in total. The van der Waals surface area contributed by atoms with E-state index in [4.69, 9.17) is 16.4 Å². The van der Waals surface area contributed by atoms with E-state index in [0.717, 1.165) is 27.6 Å². The lowest BCUT2D eigenvalue weighted by Crippen LogP contribution is -2.23. The summed E-state index contributed by atoms with van der Waals surface area (Å²) in [5, 5.41) is 11.7. The van der Waals surface area contributed by atoms with Gasteiger partial charge in [-0.25, -0.2) is 13.6 Å². The van der Waals surface area contributed by atoms with Crippen molar-refractivity contribution in [1.29, 1.82) is 0 Å². The summed E-state index contributed by atoms with van der Waals surface area (Å²) in [4.78, 5) is 17.4. The summed E-state index contributed by atoms with van der Waals surface area (Å²) in [5.41, 5.74) is 0.929. The molecule has 10 heteroatoms. The third-order valence-electron chi connectivity index (χ3n) is 3.73. The van der Waals surface area contributed by atoms with Crippen molar-refractivity contribution in [2.24, 2.45) is 12.2 Å². The van der Waals surface area contributed by atoms with E-state index in [1.54, 1.807) is 25.1 Å². The summed E-state index contributed by atoms with van der Waals surface area (Å²) >= 11 is 6.21. The molecule has 0 aliphatic carbocycles. The van der Waals surface area contributed by atoms with Crippen molar-refractivity contribution in [3.63, 3.8) is 0 Å². The molecule has 0 aliphatic rings. The van der Waals surface area contributed by atoms with E-state index >= 15 is 0 Å². The third-order valence-corrected chi connectivity index (χ3v) is 4.09. The Kier molecular flexibility index (Phi) is 5.31. The first-order valence-electron chi connectivity index (χ1n) is 7.76. The molecule has 3 aromatic rings. The second kappa shape index (κ2) is 7.67. The number of hydrogen-bond donors (Lipinski definition) is 0. The highest BCUT2D eigenvalue weighted by atomic mass is 35.5. The van der Waals surface area contributed by atoms with E-state index < -0.39 is 17.3 Å². The molecular formula is C17H14ClF2N5O2. The molecule has 0 saturated heterocycles. The van der Waals surface area contributed by atoms with E-state index in [1.165, 1.54) is 7.05 Å². The summed E-state index contributed by atoms with van der Waals surface area (Å²) in [7, 11) is 1.47. The van der Waals surface area contributed by atoms with Crippen LogP contribution in [0.5, 0.6) is 0 Å². The van der Waals surface area contributed by atoms with Gasteiger partial charge in [-0.3, -0.25) is 0 Å². The van der Waals surface area contributed by atoms with E-state index in [1.807, 2.05) is 0 Å². The molecule has 0 bridgehead atoms. The quantitative estimate of drug-likeness (QED) is 0.493. The smallest absolute Gasteiger partial charge is 0.368 e. The highest BCUT2D eigenvalue weighted by Crippen LogP contribution is 2.23. The summed E-state index contributed by atoms with van der Waals surface area (Å²) in [6.07, 6.45) is 0. The molecule has 2 aromatic carbocycles. The molecule has 0 fully saturated rings. The predicted octanol–water partition coefficient (Wildman–Crippen LogP) is 2.84. The molecule has 0 spiro atoms. The van der Waals surface area contributed by atoms with Crippen LogP contribution in [0.15, 0.2) is 46.3 Å². The largest absolute Gasteiger partial charge is 0.391 e. The molecule has 0 aliphatic heterocycles. The topological polar surface area (TPSA) is 74.3 Å². The van der Waals surface area contributed by atoms with Crippen LogP contribution >= 0.6 is 11.6 Å². The molecule has 0 unspecified atom stereocenters. The number of oxime groups is 1. The Morgan fingerprint density at radius 1 is 1.22 bits per heavy atom. The molecule has 1 aromatic heterocycles. The minimum absolute atomic E-state index is 0.0901. The van der Waals surface area contributed by atoms with E-state index in [2.05, 4.69) is 15.6 Å². The maximum Gasteiger partial charge on any atom is 0.368 e. The summed E-state index contributed by atoms with van der Waals surface area (Å²) in [6.45, 7) is 1.46. The highest BCUT2D eigenvalue weighted by molar-refractivity contribution is 6.31. The zero-order chi connectivity index (χ0) is 19.6. The molecule has 0 radical (unpaired) electrons. The Morgan fingerprint density at radius 2 is 1.93 bits per heavy atom. The van der Waals surface area contributed by atoms with Crippen LogP contribution in [0.25, 0.3) is 5.69 Å². The monoisotopic (exact) mass is 393 g/mol. The Labute approximate surface area is 157 Å². The summed E-state index contributed by atoms with van der Waals surface area (Å²) in [5.74, 6) is -1.43. The van der Waals surface area contributed by atoms with Gasteiger partial charge in [0.25, 0.3) is 0 Å². The second-order valence-corrected chi connectivity index (χ2v) is 6.05. The second-order valence-electron chi connectivity index (χ2n) is 5.64. The van der Waals surface area contributed by atoms with Gasteiger partial charge in [0.1, 0.15) is 18.2 Å². The van der Waals surface area contributed by atoms with Gasteiger partial charge in [-0.2, -0.15) is 9.36 Å². The van der Waals surface area contributed by atoms with Gasteiger partial charge >= 0.3 is 5.69 Å². The van der Waals surface area contributed by atoms with Gasteiger partial charge in [0.2, 0.25) is 0 Å². The van der Waals surface area contributed by atoms with Crippen molar-refractivity contribution in [2.75, 3.05) is 0 Å². The van der Waals surface area contributed by atoms with Crippen LogP contribution in [0.1, 0.15) is 18.1 Å². The molecule has 0 atom stereocenters. The van der Waals surface area contributed by atoms with Crippen LogP contribution in [0, 0.1) is 11.6 Å². The molecule has 0 amide bonds. The molecular weight excluding hydrogens is 380 g/mol. The van der Waals surface area contributed by atoms with Crippen molar-refractivity contribution < 1.29 is 13.6 Å². The van der Waals surface area contributed by atoms with Crippen molar-refractivity contribution in [2.45, 2.75) is 13.5 Å². The zero-order valence-electron chi connectivity index (χ0n) is 14.4. The SMILES string of the molecule is CC(=NOCc1c(Cl)cccc1-n1nnn(C)c1=O)c1cc(F)cc(F)c1. The van der Waals surface area contributed by atoms with Crippen LogP contribution in [0.2, 0.25) is 5.02 Å². The first kappa shape index (κ1) is 18.7. The Balaban J connectivity index is 1.86. The molecule has 3 rings (SSSR count). The maximum atomic E-state index is 13.3. The fraction of sp³-hybridized carbons (Fsp3) is 0.176. The predicted molar refractivity (Wildman–Crippen MR) is 95.0 cm³/mol. The van der Waals surface area contributed by atoms with E-state index in [0.29, 0.717) is 16.3 Å². The van der Waals surface area contributed by atoms with Crippen LogP contribution in [-0.2, 0) is 18.5 Å². The number of rotatable bonds is 5. The number of benzene rings is 2. The summed E-state index contributed by atoms with van der Waals surface area (Å²) in [6, 6.07) is 7.98. The minimum Gasteiger partial charge on any atom is -0.391 e. The molecule has 27 heavy (non-hydrogen) atoms. The number of tetrazole rings is 1. The van der Waals surface area contributed by atoms with Gasteiger partial charge in [0.15, 0.2) is 0 Å². The van der Waals surface area contributed by atoms with E-state index in [-0.39, 0.29) is 17.9 Å². The molecule has 140 valence electrons. The first-order chi connectivity index (χ1) is 12.9. The zero-order valence-corrected chi connectivity index (χ0v) is 15.1. The minimum atomic E-state index is -0.713. The Morgan fingerprint density at radius 3 is 2.56 bits per heavy atom. The number of halogens is 3. The van der Waals surface area contributed by atoms with Crippen LogP contribution in [0.4, 0.5) is 8.78 Å². The number of nitrogens with zero attached hydrogens (tertiary/aromatic N) is 5. The van der Waals surface area contributed by atoms with Gasteiger partial charge in [-0.1, -0.05) is 22.8 Å². The first-order valence-corrected chi connectivity index (χ1v) is 8.14. The van der Waals surface area contributed by atoms with Gasteiger partial charge in [0.05, 0.1) is 11.4 Å². The van der Waals surface area contributed by atoms with Crippen molar-refractivity contribution in [1.82, 2.24) is 19.8 Å². The van der Waals surface area contributed by atoms with E-state index in [9.17, 15) is 13.6 Å². The fourth-order valence-corrected chi connectivity index (χ4v) is 2.59. The van der Waals surface area contributed by atoms with Crippen LogP contribution in [0.3, 0.4) is 0 Å². The molecule has 7 nitrogen and oxygen atoms in total. The van der Waals surface area contributed by atoms with Gasteiger partial charge in [-0.15, -0.1) is 0 Å². The Hall–Kier alpha value is -3.07. The Bertz CT molecular complexity index is 1060. The number of aryl methyl sites for hydroxylation is 1. The van der Waals surface area contributed by atoms with Crippen molar-refractivity contribution in [3.05, 3.63) is 74.7 Å². The average molecular weight is 394 g/mol. The number of aromatic nitrogens is 4. The summed E-state index contributed by atoms with van der Waals surface area (Å²) < 4.78 is 28.8. The fourth-order valence-electron chi connectivity index (χ4n) is 2.36. The maximum absolute atomic E-state index is 13.3. The lowest BCUT2D eigenvalue weighted by Gasteiger charge is -2.09. The lowest BCUT2D eigenvalue weighted by atomic mass is 10.1. The average Bonchev–Trinajstić information content (AvgIpc) is 2.94. The van der Waals surface area contributed by atoms with Gasteiger partial charge in [0, 0.05) is 29.3 Å².